The molecule has 0 fully saturated rings. The minimum atomic E-state index is 0.0254. The first kappa shape index (κ1) is 11.3. The highest BCUT2D eigenvalue weighted by Crippen LogP contribution is 2.14. The molecule has 1 heterocycles. The zero-order valence-electron chi connectivity index (χ0n) is 8.43. The molecule has 0 aliphatic rings. The zero-order chi connectivity index (χ0) is 11.3. The van der Waals surface area contributed by atoms with Gasteiger partial charge in [0.2, 0.25) is 5.95 Å². The Bertz CT molecular complexity index is 321. The highest BCUT2D eigenvalue weighted by molar-refractivity contribution is 5.50. The van der Waals surface area contributed by atoms with Gasteiger partial charge in [-0.15, -0.1) is 6.58 Å². The van der Waals surface area contributed by atoms with E-state index in [0.29, 0.717) is 24.7 Å². The van der Waals surface area contributed by atoms with Crippen molar-refractivity contribution < 1.29 is 5.11 Å². The van der Waals surface area contributed by atoms with Gasteiger partial charge in [0.15, 0.2) is 0 Å². The highest BCUT2D eigenvalue weighted by atomic mass is 16.3. The number of aliphatic hydroxyl groups excluding tert-OH is 1. The van der Waals surface area contributed by atoms with Gasteiger partial charge in [0, 0.05) is 19.2 Å². The number of aliphatic hydroxyl groups is 1. The Hall–Kier alpha value is -1.82. The molecule has 0 atom stereocenters. The highest BCUT2D eigenvalue weighted by Gasteiger charge is 2.07. The molecule has 1 rings (SSSR count). The van der Waals surface area contributed by atoms with Gasteiger partial charge >= 0.3 is 0 Å². The van der Waals surface area contributed by atoms with E-state index in [4.69, 9.17) is 16.6 Å². The van der Waals surface area contributed by atoms with E-state index in [0.717, 1.165) is 0 Å². The van der Waals surface area contributed by atoms with Gasteiger partial charge in [0.25, 0.3) is 0 Å². The van der Waals surface area contributed by atoms with E-state index in [1.54, 1.807) is 17.0 Å². The first-order chi connectivity index (χ1) is 7.17. The molecule has 0 aliphatic heterocycles. The van der Waals surface area contributed by atoms with E-state index in [1.165, 1.54) is 0 Å². The third-order valence-corrected chi connectivity index (χ3v) is 1.79. The Morgan fingerprint density at radius 3 is 2.73 bits per heavy atom. The van der Waals surface area contributed by atoms with Gasteiger partial charge in [0.05, 0.1) is 6.61 Å². The summed E-state index contributed by atoms with van der Waals surface area (Å²) in [6.07, 6.45) is 1.71. The Kier molecular flexibility index (Phi) is 3.87. The maximum absolute atomic E-state index is 8.88. The van der Waals surface area contributed by atoms with E-state index in [-0.39, 0.29) is 12.6 Å². The summed E-state index contributed by atoms with van der Waals surface area (Å²) in [5, 5.41) is 8.88. The van der Waals surface area contributed by atoms with Crippen molar-refractivity contribution in [1.29, 1.82) is 0 Å². The van der Waals surface area contributed by atoms with Crippen molar-refractivity contribution in [2.24, 2.45) is 0 Å². The number of nitrogen functional groups attached to an aromatic ring is 2. The molecular formula is C9H15N5O. The third kappa shape index (κ3) is 3.10. The molecule has 82 valence electrons. The fourth-order valence-corrected chi connectivity index (χ4v) is 1.21. The Morgan fingerprint density at radius 1 is 1.47 bits per heavy atom. The lowest BCUT2D eigenvalue weighted by atomic mass is 10.4. The number of nitrogens with two attached hydrogens (primary N) is 2. The molecule has 1 aromatic heterocycles. The van der Waals surface area contributed by atoms with Crippen LogP contribution in [0.3, 0.4) is 0 Å². The van der Waals surface area contributed by atoms with E-state index in [2.05, 4.69) is 16.5 Å². The normalized spacial score (nSPS) is 9.93. The van der Waals surface area contributed by atoms with Crippen LogP contribution in [0, 0.1) is 0 Å². The number of nitrogens with zero attached hydrogens (tertiary/aromatic N) is 3. The Balaban J connectivity index is 2.93. The van der Waals surface area contributed by atoms with Crippen molar-refractivity contribution in [1.82, 2.24) is 9.97 Å². The number of aromatic nitrogens is 2. The average molecular weight is 209 g/mol. The van der Waals surface area contributed by atoms with Crippen LogP contribution in [0.1, 0.15) is 0 Å². The van der Waals surface area contributed by atoms with Crippen molar-refractivity contribution >= 4 is 17.6 Å². The fourth-order valence-electron chi connectivity index (χ4n) is 1.21. The van der Waals surface area contributed by atoms with E-state index < -0.39 is 0 Å². The Labute approximate surface area is 88.2 Å². The quantitative estimate of drug-likeness (QED) is 0.572. The lowest BCUT2D eigenvalue weighted by molar-refractivity contribution is 0.302. The van der Waals surface area contributed by atoms with Crippen LogP contribution in [0.2, 0.25) is 0 Å². The van der Waals surface area contributed by atoms with Crippen molar-refractivity contribution in [2.45, 2.75) is 0 Å². The van der Waals surface area contributed by atoms with Crippen LogP contribution < -0.4 is 16.4 Å². The molecule has 0 saturated heterocycles. The van der Waals surface area contributed by atoms with Crippen LogP contribution >= 0.6 is 0 Å². The van der Waals surface area contributed by atoms with Gasteiger partial charge in [0.1, 0.15) is 11.6 Å². The second-order valence-electron chi connectivity index (χ2n) is 2.97. The molecule has 0 spiro atoms. The first-order valence-corrected chi connectivity index (χ1v) is 4.54. The number of hydrogen-bond acceptors (Lipinski definition) is 6. The van der Waals surface area contributed by atoms with E-state index >= 15 is 0 Å². The van der Waals surface area contributed by atoms with Gasteiger partial charge < -0.3 is 21.5 Å². The molecular weight excluding hydrogens is 194 g/mol. The molecule has 6 heteroatoms. The summed E-state index contributed by atoms with van der Waals surface area (Å²) in [6, 6.07) is 1.61. The summed E-state index contributed by atoms with van der Waals surface area (Å²) in [7, 11) is 0. The molecule has 0 radical (unpaired) electrons. The second-order valence-corrected chi connectivity index (χ2v) is 2.97. The number of rotatable bonds is 5. The molecule has 15 heavy (non-hydrogen) atoms. The minimum absolute atomic E-state index is 0.0254. The van der Waals surface area contributed by atoms with Crippen molar-refractivity contribution in [3.63, 3.8) is 0 Å². The fraction of sp³-hybridized carbons (Fsp3) is 0.333. The molecule has 0 aliphatic carbocycles. The van der Waals surface area contributed by atoms with Gasteiger partial charge in [-0.2, -0.15) is 9.97 Å². The Morgan fingerprint density at radius 2 is 2.20 bits per heavy atom. The summed E-state index contributed by atoms with van der Waals surface area (Å²) >= 11 is 0. The molecule has 5 N–H and O–H groups in total. The molecule has 0 amide bonds. The van der Waals surface area contributed by atoms with Crippen molar-refractivity contribution in [2.75, 3.05) is 36.1 Å². The number of anilines is 3. The summed E-state index contributed by atoms with van der Waals surface area (Å²) in [5.74, 6) is 1.02. The van der Waals surface area contributed by atoms with Gasteiger partial charge in [-0.25, -0.2) is 0 Å². The molecule has 0 unspecified atom stereocenters. The standard InChI is InChI=1S/C9H15N5O/c1-2-3-14(4-5-15)8-6-7(10)12-9(11)13-8/h2,6,15H,1,3-5H2,(H4,10,11,12,13). The maximum atomic E-state index is 8.88. The average Bonchev–Trinajstić information content (AvgIpc) is 2.16. The summed E-state index contributed by atoms with van der Waals surface area (Å²) in [4.78, 5) is 9.60. The lowest BCUT2D eigenvalue weighted by Gasteiger charge is -2.21. The second kappa shape index (κ2) is 5.16. The summed E-state index contributed by atoms with van der Waals surface area (Å²) in [6.45, 7) is 4.66. The molecule has 6 nitrogen and oxygen atoms in total. The predicted octanol–water partition coefficient (Wildman–Crippen LogP) is -0.374. The SMILES string of the molecule is C=CCN(CCO)c1cc(N)nc(N)n1. The molecule has 0 aromatic carbocycles. The molecule has 1 aromatic rings. The number of hydrogen-bond donors (Lipinski definition) is 3. The van der Waals surface area contributed by atoms with Crippen LogP contribution in [-0.2, 0) is 0 Å². The van der Waals surface area contributed by atoms with Gasteiger partial charge in [-0.1, -0.05) is 6.08 Å². The smallest absolute Gasteiger partial charge is 0.223 e. The lowest BCUT2D eigenvalue weighted by Crippen LogP contribution is -2.28. The van der Waals surface area contributed by atoms with Crippen molar-refractivity contribution in [3.05, 3.63) is 18.7 Å². The minimum Gasteiger partial charge on any atom is -0.395 e. The molecule has 0 bridgehead atoms. The summed E-state index contributed by atoms with van der Waals surface area (Å²) < 4.78 is 0. The topological polar surface area (TPSA) is 101 Å². The monoisotopic (exact) mass is 209 g/mol. The van der Waals surface area contributed by atoms with Crippen LogP contribution in [0.4, 0.5) is 17.6 Å². The van der Waals surface area contributed by atoms with Crippen LogP contribution in [-0.4, -0.2) is 34.8 Å². The largest absolute Gasteiger partial charge is 0.395 e. The van der Waals surface area contributed by atoms with Crippen LogP contribution in [0.25, 0.3) is 0 Å². The van der Waals surface area contributed by atoms with E-state index in [1.807, 2.05) is 0 Å². The van der Waals surface area contributed by atoms with Crippen LogP contribution in [0.5, 0.6) is 0 Å². The van der Waals surface area contributed by atoms with E-state index in [9.17, 15) is 0 Å². The first-order valence-electron chi connectivity index (χ1n) is 4.54. The molecule has 0 saturated carbocycles. The maximum Gasteiger partial charge on any atom is 0.223 e. The van der Waals surface area contributed by atoms with Crippen molar-refractivity contribution in [3.8, 4) is 0 Å². The predicted molar refractivity (Wildman–Crippen MR) is 60.4 cm³/mol. The summed E-state index contributed by atoms with van der Waals surface area (Å²) in [5.41, 5.74) is 11.0. The zero-order valence-corrected chi connectivity index (χ0v) is 8.43. The van der Waals surface area contributed by atoms with Gasteiger partial charge in [-0.05, 0) is 0 Å². The third-order valence-electron chi connectivity index (χ3n) is 1.79. The van der Waals surface area contributed by atoms with Crippen LogP contribution in [0.15, 0.2) is 18.7 Å². The van der Waals surface area contributed by atoms with Gasteiger partial charge in [-0.3, -0.25) is 0 Å².